The molecule has 1 saturated heterocycles. The van der Waals surface area contributed by atoms with Gasteiger partial charge in [-0.2, -0.15) is 0 Å². The van der Waals surface area contributed by atoms with E-state index in [0.29, 0.717) is 6.54 Å². The molecule has 1 aromatic carbocycles. The van der Waals surface area contributed by atoms with Crippen LogP contribution < -0.4 is 5.32 Å². The summed E-state index contributed by atoms with van der Waals surface area (Å²) in [6.07, 6.45) is 1.84. The molecule has 6 heteroatoms. The Morgan fingerprint density at radius 2 is 2.25 bits per heavy atom. The number of nitrogens with zero attached hydrogens (tertiary/aromatic N) is 1. The number of likely N-dealkylation sites (tertiary alicyclic amines) is 1. The van der Waals surface area contributed by atoms with E-state index in [1.807, 2.05) is 24.3 Å². The molecule has 2 rings (SSSR count). The topological polar surface area (TPSA) is 69.6 Å². The molecule has 2 amide bonds. The lowest BCUT2D eigenvalue weighted by Gasteiger charge is -2.25. The van der Waals surface area contributed by atoms with Gasteiger partial charge in [-0.05, 0) is 30.5 Å². The summed E-state index contributed by atoms with van der Waals surface area (Å²) in [4.78, 5) is 24.3. The average Bonchev–Trinajstić information content (AvgIpc) is 2.87. The number of urea groups is 1. The van der Waals surface area contributed by atoms with Gasteiger partial charge in [-0.25, -0.2) is 4.79 Å². The van der Waals surface area contributed by atoms with E-state index in [1.54, 1.807) is 4.90 Å². The number of carboxylic acids is 1. The number of carbonyl (C=O) groups is 2. The predicted molar refractivity (Wildman–Crippen MR) is 78.5 cm³/mol. The third-order valence-corrected chi connectivity index (χ3v) is 3.86. The lowest BCUT2D eigenvalue weighted by atomic mass is 10.1. The van der Waals surface area contributed by atoms with Crippen molar-refractivity contribution in [3.63, 3.8) is 0 Å². The van der Waals surface area contributed by atoms with Crippen molar-refractivity contribution < 1.29 is 14.7 Å². The second-order valence-electron chi connectivity index (χ2n) is 4.78. The Morgan fingerprint density at radius 1 is 1.45 bits per heavy atom. The Bertz CT molecular complexity index is 507. The monoisotopic (exact) mass is 340 g/mol. The van der Waals surface area contributed by atoms with Crippen LogP contribution in [0.15, 0.2) is 28.7 Å². The molecule has 0 aliphatic carbocycles. The zero-order chi connectivity index (χ0) is 14.5. The fraction of sp³-hybridized carbons (Fsp3) is 0.429. The van der Waals surface area contributed by atoms with E-state index >= 15 is 0 Å². The third-order valence-electron chi connectivity index (χ3n) is 3.36. The standard InChI is InChI=1S/C14H17BrN2O3/c15-11-4-1-3-10(9-11)12-5-2-8-17(12)14(20)16-7-6-13(18)19/h1,3-4,9,12H,2,5-8H2,(H,16,20)(H,18,19). The van der Waals surface area contributed by atoms with Crippen molar-refractivity contribution in [3.05, 3.63) is 34.3 Å². The summed E-state index contributed by atoms with van der Waals surface area (Å²) in [7, 11) is 0. The minimum atomic E-state index is -0.907. The maximum Gasteiger partial charge on any atom is 0.317 e. The van der Waals surface area contributed by atoms with E-state index < -0.39 is 5.97 Å². The van der Waals surface area contributed by atoms with Gasteiger partial charge in [0.15, 0.2) is 0 Å². The van der Waals surface area contributed by atoms with Crippen LogP contribution in [-0.4, -0.2) is 35.1 Å². The molecular formula is C14H17BrN2O3. The summed E-state index contributed by atoms with van der Waals surface area (Å²) < 4.78 is 0.994. The van der Waals surface area contributed by atoms with Crippen molar-refractivity contribution in [3.8, 4) is 0 Å². The first-order valence-corrected chi connectivity index (χ1v) is 7.39. The average molecular weight is 341 g/mol. The Kier molecular flexibility index (Phi) is 5.00. The quantitative estimate of drug-likeness (QED) is 0.885. The van der Waals surface area contributed by atoms with Crippen LogP contribution in [0, 0.1) is 0 Å². The molecule has 0 radical (unpaired) electrons. The number of nitrogens with one attached hydrogen (secondary N) is 1. The minimum Gasteiger partial charge on any atom is -0.481 e. The number of halogens is 1. The molecule has 20 heavy (non-hydrogen) atoms. The maximum atomic E-state index is 12.1. The van der Waals surface area contributed by atoms with Gasteiger partial charge in [-0.3, -0.25) is 4.79 Å². The van der Waals surface area contributed by atoms with Crippen molar-refractivity contribution >= 4 is 27.9 Å². The molecule has 1 aliphatic rings. The number of hydrogen-bond acceptors (Lipinski definition) is 2. The highest BCUT2D eigenvalue weighted by atomic mass is 79.9. The van der Waals surface area contributed by atoms with Crippen molar-refractivity contribution in [2.45, 2.75) is 25.3 Å². The number of rotatable bonds is 4. The van der Waals surface area contributed by atoms with Gasteiger partial charge in [-0.1, -0.05) is 28.1 Å². The molecule has 0 bridgehead atoms. The Labute approximate surface area is 126 Å². The van der Waals surface area contributed by atoms with Crippen LogP contribution in [0.3, 0.4) is 0 Å². The predicted octanol–water partition coefficient (Wildman–Crippen LogP) is 2.77. The molecule has 1 heterocycles. The van der Waals surface area contributed by atoms with Gasteiger partial charge in [0.05, 0.1) is 12.5 Å². The smallest absolute Gasteiger partial charge is 0.317 e. The zero-order valence-electron chi connectivity index (χ0n) is 11.0. The maximum absolute atomic E-state index is 12.1. The minimum absolute atomic E-state index is 0.0544. The summed E-state index contributed by atoms with van der Waals surface area (Å²) in [5.74, 6) is -0.907. The van der Waals surface area contributed by atoms with Crippen LogP contribution in [0.5, 0.6) is 0 Å². The number of benzene rings is 1. The van der Waals surface area contributed by atoms with E-state index in [0.717, 1.165) is 22.9 Å². The Hall–Kier alpha value is -1.56. The van der Waals surface area contributed by atoms with Gasteiger partial charge in [0.25, 0.3) is 0 Å². The summed E-state index contributed by atoms with van der Waals surface area (Å²) in [6, 6.07) is 7.82. The fourth-order valence-electron chi connectivity index (χ4n) is 2.45. The zero-order valence-corrected chi connectivity index (χ0v) is 12.6. The number of hydrogen-bond donors (Lipinski definition) is 2. The molecule has 1 aromatic rings. The Balaban J connectivity index is 2.00. The molecular weight excluding hydrogens is 324 g/mol. The largest absolute Gasteiger partial charge is 0.481 e. The molecule has 1 fully saturated rings. The van der Waals surface area contributed by atoms with Gasteiger partial charge >= 0.3 is 12.0 Å². The SMILES string of the molecule is O=C(O)CCNC(=O)N1CCCC1c1cccc(Br)c1. The summed E-state index contributed by atoms with van der Waals surface area (Å²) in [5, 5.41) is 11.2. The fourth-order valence-corrected chi connectivity index (χ4v) is 2.87. The number of carbonyl (C=O) groups excluding carboxylic acids is 1. The second kappa shape index (κ2) is 6.74. The Morgan fingerprint density at radius 3 is 2.95 bits per heavy atom. The van der Waals surface area contributed by atoms with Gasteiger partial charge in [-0.15, -0.1) is 0 Å². The first kappa shape index (κ1) is 14.8. The van der Waals surface area contributed by atoms with Crippen LogP contribution in [0.4, 0.5) is 4.79 Å². The molecule has 0 saturated carbocycles. The van der Waals surface area contributed by atoms with Gasteiger partial charge in [0, 0.05) is 17.6 Å². The summed E-state index contributed by atoms with van der Waals surface area (Å²) in [5.41, 5.74) is 1.10. The van der Waals surface area contributed by atoms with E-state index in [1.165, 1.54) is 0 Å². The van der Waals surface area contributed by atoms with E-state index in [2.05, 4.69) is 21.2 Å². The van der Waals surface area contributed by atoms with Crippen LogP contribution in [-0.2, 0) is 4.79 Å². The normalized spacial score (nSPS) is 18.1. The van der Waals surface area contributed by atoms with Crippen LogP contribution in [0.25, 0.3) is 0 Å². The first-order valence-electron chi connectivity index (χ1n) is 6.59. The van der Waals surface area contributed by atoms with E-state index in [9.17, 15) is 9.59 Å². The van der Waals surface area contributed by atoms with Crippen molar-refractivity contribution in [2.24, 2.45) is 0 Å². The molecule has 2 N–H and O–H groups in total. The van der Waals surface area contributed by atoms with Crippen molar-refractivity contribution in [1.82, 2.24) is 10.2 Å². The molecule has 1 aliphatic heterocycles. The lowest BCUT2D eigenvalue weighted by Crippen LogP contribution is -2.40. The van der Waals surface area contributed by atoms with Crippen LogP contribution in [0.2, 0.25) is 0 Å². The lowest BCUT2D eigenvalue weighted by molar-refractivity contribution is -0.136. The van der Waals surface area contributed by atoms with Crippen LogP contribution >= 0.6 is 15.9 Å². The molecule has 0 spiro atoms. The van der Waals surface area contributed by atoms with E-state index in [4.69, 9.17) is 5.11 Å². The van der Waals surface area contributed by atoms with Gasteiger partial charge in [0.2, 0.25) is 0 Å². The van der Waals surface area contributed by atoms with Gasteiger partial charge < -0.3 is 15.3 Å². The highest BCUT2D eigenvalue weighted by molar-refractivity contribution is 9.10. The summed E-state index contributed by atoms with van der Waals surface area (Å²) in [6.45, 7) is 0.867. The van der Waals surface area contributed by atoms with Crippen molar-refractivity contribution in [2.75, 3.05) is 13.1 Å². The number of carboxylic acid groups (broad SMARTS) is 1. The number of amides is 2. The van der Waals surface area contributed by atoms with E-state index in [-0.39, 0.29) is 25.0 Å². The summed E-state index contributed by atoms with van der Waals surface area (Å²) >= 11 is 3.44. The van der Waals surface area contributed by atoms with Crippen LogP contribution in [0.1, 0.15) is 30.9 Å². The third kappa shape index (κ3) is 3.72. The molecule has 5 nitrogen and oxygen atoms in total. The molecule has 1 unspecified atom stereocenters. The van der Waals surface area contributed by atoms with Crippen molar-refractivity contribution in [1.29, 1.82) is 0 Å². The molecule has 0 aromatic heterocycles. The second-order valence-corrected chi connectivity index (χ2v) is 5.70. The molecule has 1 atom stereocenters. The highest BCUT2D eigenvalue weighted by Gasteiger charge is 2.29. The highest BCUT2D eigenvalue weighted by Crippen LogP contribution is 2.32. The van der Waals surface area contributed by atoms with Gasteiger partial charge in [0.1, 0.15) is 0 Å². The first-order chi connectivity index (χ1) is 9.58. The number of aliphatic carboxylic acids is 1. The molecule has 108 valence electrons.